The van der Waals surface area contributed by atoms with Gasteiger partial charge in [-0.15, -0.1) is 0 Å². The number of benzene rings is 1. The third kappa shape index (κ3) is 3.59. The fourth-order valence-corrected chi connectivity index (χ4v) is 1.60. The van der Waals surface area contributed by atoms with E-state index in [4.69, 9.17) is 16.2 Å². The molecule has 1 amide bonds. The standard InChI is InChI=1S/C14H16N4O3/c1-9(13(16)19)8-21-14(20)12-5-6-18(17-12)11-4-2-3-10(15)7-11/h2-7,9H,8,15H2,1H3,(H2,16,19). The van der Waals surface area contributed by atoms with Crippen LogP contribution in [0.2, 0.25) is 0 Å². The molecule has 0 saturated carbocycles. The maximum atomic E-state index is 11.8. The van der Waals surface area contributed by atoms with Crippen LogP contribution in [0, 0.1) is 5.92 Å². The van der Waals surface area contributed by atoms with E-state index in [0.717, 1.165) is 5.69 Å². The Kier molecular flexibility index (Phi) is 4.22. The Morgan fingerprint density at radius 1 is 1.38 bits per heavy atom. The van der Waals surface area contributed by atoms with Gasteiger partial charge in [0.1, 0.15) is 6.61 Å². The molecule has 7 heteroatoms. The molecule has 1 aromatic carbocycles. The van der Waals surface area contributed by atoms with Gasteiger partial charge in [0.15, 0.2) is 5.69 Å². The lowest BCUT2D eigenvalue weighted by molar-refractivity contribution is -0.122. The van der Waals surface area contributed by atoms with Crippen LogP contribution >= 0.6 is 0 Å². The summed E-state index contributed by atoms with van der Waals surface area (Å²) in [4.78, 5) is 22.7. The Morgan fingerprint density at radius 3 is 2.81 bits per heavy atom. The molecular formula is C14H16N4O3. The number of esters is 1. The lowest BCUT2D eigenvalue weighted by atomic mass is 10.2. The van der Waals surface area contributed by atoms with Gasteiger partial charge < -0.3 is 16.2 Å². The van der Waals surface area contributed by atoms with Crippen molar-refractivity contribution < 1.29 is 14.3 Å². The van der Waals surface area contributed by atoms with Crippen LogP contribution in [0.3, 0.4) is 0 Å². The number of primary amides is 1. The third-order valence-corrected chi connectivity index (χ3v) is 2.88. The number of hydrogen-bond donors (Lipinski definition) is 2. The van der Waals surface area contributed by atoms with Gasteiger partial charge in [0.2, 0.25) is 5.91 Å². The van der Waals surface area contributed by atoms with E-state index in [0.29, 0.717) is 5.69 Å². The average molecular weight is 288 g/mol. The second-order valence-electron chi connectivity index (χ2n) is 4.64. The van der Waals surface area contributed by atoms with Crippen LogP contribution in [0.1, 0.15) is 17.4 Å². The molecule has 0 radical (unpaired) electrons. The summed E-state index contributed by atoms with van der Waals surface area (Å²) in [5.41, 5.74) is 12.3. The highest BCUT2D eigenvalue weighted by atomic mass is 16.5. The first-order chi connectivity index (χ1) is 9.97. The summed E-state index contributed by atoms with van der Waals surface area (Å²) in [6, 6.07) is 8.62. The highest BCUT2D eigenvalue weighted by molar-refractivity contribution is 5.87. The quantitative estimate of drug-likeness (QED) is 0.622. The summed E-state index contributed by atoms with van der Waals surface area (Å²) in [7, 11) is 0. The van der Waals surface area contributed by atoms with E-state index in [1.165, 1.54) is 10.7 Å². The molecule has 0 bridgehead atoms. The average Bonchev–Trinajstić information content (AvgIpc) is 2.94. The smallest absolute Gasteiger partial charge is 0.358 e. The Morgan fingerprint density at radius 2 is 2.14 bits per heavy atom. The largest absolute Gasteiger partial charge is 0.460 e. The first kappa shape index (κ1) is 14.6. The Bertz CT molecular complexity index is 666. The van der Waals surface area contributed by atoms with Crippen molar-refractivity contribution in [1.29, 1.82) is 0 Å². The van der Waals surface area contributed by atoms with Crippen LogP contribution in [0.4, 0.5) is 5.69 Å². The number of nitrogen functional groups attached to an aromatic ring is 1. The van der Waals surface area contributed by atoms with Crippen LogP contribution < -0.4 is 11.5 Å². The van der Waals surface area contributed by atoms with Crippen molar-refractivity contribution in [1.82, 2.24) is 9.78 Å². The van der Waals surface area contributed by atoms with E-state index < -0.39 is 17.8 Å². The summed E-state index contributed by atoms with van der Waals surface area (Å²) in [5.74, 6) is -1.66. The number of amides is 1. The zero-order valence-electron chi connectivity index (χ0n) is 11.5. The van der Waals surface area contributed by atoms with Crippen molar-refractivity contribution in [2.45, 2.75) is 6.92 Å². The molecule has 0 aliphatic heterocycles. The van der Waals surface area contributed by atoms with Gasteiger partial charge in [0.05, 0.1) is 11.6 Å². The predicted molar refractivity (Wildman–Crippen MR) is 76.6 cm³/mol. The van der Waals surface area contributed by atoms with Crippen LogP contribution in [0.5, 0.6) is 0 Å². The number of aromatic nitrogens is 2. The molecule has 2 rings (SSSR count). The summed E-state index contributed by atoms with van der Waals surface area (Å²) in [5, 5.41) is 4.11. The predicted octanol–water partition coefficient (Wildman–Crippen LogP) is 0.733. The van der Waals surface area contributed by atoms with Crippen molar-refractivity contribution in [2.75, 3.05) is 12.3 Å². The highest BCUT2D eigenvalue weighted by Gasteiger charge is 2.15. The molecule has 7 nitrogen and oxygen atoms in total. The minimum atomic E-state index is -0.606. The molecule has 0 aliphatic rings. The fraction of sp³-hybridized carbons (Fsp3) is 0.214. The number of carbonyl (C=O) groups excluding carboxylic acids is 2. The van der Waals surface area contributed by atoms with E-state index in [1.807, 2.05) is 6.07 Å². The van der Waals surface area contributed by atoms with E-state index in [-0.39, 0.29) is 12.3 Å². The van der Waals surface area contributed by atoms with E-state index in [9.17, 15) is 9.59 Å². The normalized spacial score (nSPS) is 11.9. The topological polar surface area (TPSA) is 113 Å². The number of carbonyl (C=O) groups is 2. The molecule has 110 valence electrons. The van der Waals surface area contributed by atoms with Crippen LogP contribution in [0.25, 0.3) is 5.69 Å². The van der Waals surface area contributed by atoms with Crippen molar-refractivity contribution in [3.8, 4) is 5.69 Å². The number of hydrogen-bond acceptors (Lipinski definition) is 5. The summed E-state index contributed by atoms with van der Waals surface area (Å²) >= 11 is 0. The third-order valence-electron chi connectivity index (χ3n) is 2.88. The van der Waals surface area contributed by atoms with Crippen LogP contribution in [0.15, 0.2) is 36.5 Å². The monoisotopic (exact) mass is 288 g/mol. The highest BCUT2D eigenvalue weighted by Crippen LogP contribution is 2.12. The fourth-order valence-electron chi connectivity index (χ4n) is 1.60. The summed E-state index contributed by atoms with van der Waals surface area (Å²) < 4.78 is 6.50. The van der Waals surface area contributed by atoms with E-state index in [2.05, 4.69) is 5.10 Å². The second kappa shape index (κ2) is 6.08. The van der Waals surface area contributed by atoms with Gasteiger partial charge >= 0.3 is 5.97 Å². The van der Waals surface area contributed by atoms with Crippen molar-refractivity contribution in [2.24, 2.45) is 11.7 Å². The van der Waals surface area contributed by atoms with Gasteiger partial charge in [-0.05, 0) is 24.3 Å². The Labute approximate surface area is 121 Å². The first-order valence-corrected chi connectivity index (χ1v) is 6.35. The molecule has 2 aromatic rings. The van der Waals surface area contributed by atoms with Crippen LogP contribution in [-0.4, -0.2) is 28.3 Å². The number of nitrogens with zero attached hydrogens (tertiary/aromatic N) is 2. The second-order valence-corrected chi connectivity index (χ2v) is 4.64. The lowest BCUT2D eigenvalue weighted by Crippen LogP contribution is -2.26. The maximum absolute atomic E-state index is 11.8. The zero-order chi connectivity index (χ0) is 15.4. The number of rotatable bonds is 5. The van der Waals surface area contributed by atoms with Gasteiger partial charge in [0, 0.05) is 11.9 Å². The van der Waals surface area contributed by atoms with Gasteiger partial charge in [-0.25, -0.2) is 9.48 Å². The number of ether oxygens (including phenoxy) is 1. The molecular weight excluding hydrogens is 272 g/mol. The van der Waals surface area contributed by atoms with Crippen LogP contribution in [-0.2, 0) is 9.53 Å². The first-order valence-electron chi connectivity index (χ1n) is 6.35. The van der Waals surface area contributed by atoms with Crippen molar-refractivity contribution >= 4 is 17.6 Å². The minimum Gasteiger partial charge on any atom is -0.460 e. The molecule has 0 aliphatic carbocycles. The lowest BCUT2D eigenvalue weighted by Gasteiger charge is -2.07. The molecule has 4 N–H and O–H groups in total. The van der Waals surface area contributed by atoms with Crippen molar-refractivity contribution in [3.05, 3.63) is 42.2 Å². The molecule has 1 aromatic heterocycles. The SMILES string of the molecule is CC(COC(=O)c1ccn(-c2cccc(N)c2)n1)C(N)=O. The molecule has 1 atom stereocenters. The zero-order valence-corrected chi connectivity index (χ0v) is 11.5. The maximum Gasteiger partial charge on any atom is 0.358 e. The molecule has 21 heavy (non-hydrogen) atoms. The van der Waals surface area contributed by atoms with Crippen molar-refractivity contribution in [3.63, 3.8) is 0 Å². The van der Waals surface area contributed by atoms with Gasteiger partial charge in [-0.2, -0.15) is 5.10 Å². The van der Waals surface area contributed by atoms with Gasteiger partial charge in [-0.1, -0.05) is 13.0 Å². The number of nitrogens with two attached hydrogens (primary N) is 2. The summed E-state index contributed by atoms with van der Waals surface area (Å²) in [6.45, 7) is 1.51. The Hall–Kier alpha value is -2.83. The molecule has 0 spiro atoms. The van der Waals surface area contributed by atoms with E-state index in [1.54, 1.807) is 31.3 Å². The molecule has 1 unspecified atom stereocenters. The Balaban J connectivity index is 2.06. The number of anilines is 1. The molecule has 0 saturated heterocycles. The van der Waals surface area contributed by atoms with E-state index >= 15 is 0 Å². The summed E-state index contributed by atoms with van der Waals surface area (Å²) in [6.07, 6.45) is 1.63. The molecule has 1 heterocycles. The van der Waals surface area contributed by atoms with Gasteiger partial charge in [-0.3, -0.25) is 4.79 Å². The molecule has 0 fully saturated rings. The van der Waals surface area contributed by atoms with Gasteiger partial charge in [0.25, 0.3) is 0 Å². The minimum absolute atomic E-state index is 0.0701.